The Morgan fingerprint density at radius 2 is 1.70 bits per heavy atom. The number of amides is 2. The lowest BCUT2D eigenvalue weighted by Gasteiger charge is -2.36. The van der Waals surface area contributed by atoms with Crippen LogP contribution in [0.25, 0.3) is 0 Å². The van der Waals surface area contributed by atoms with Crippen molar-refractivity contribution in [3.8, 4) is 5.88 Å². The van der Waals surface area contributed by atoms with Crippen LogP contribution in [0.1, 0.15) is 11.3 Å². The number of methoxy groups -OCH3 is 1. The highest BCUT2D eigenvalue weighted by Crippen LogP contribution is 2.27. The van der Waals surface area contributed by atoms with Gasteiger partial charge in [0.15, 0.2) is 0 Å². The van der Waals surface area contributed by atoms with Crippen LogP contribution in [0.15, 0.2) is 24.3 Å². The minimum absolute atomic E-state index is 0.165. The molecular weight excluding hydrogens is 387 g/mol. The van der Waals surface area contributed by atoms with Gasteiger partial charge in [-0.2, -0.15) is 0 Å². The summed E-state index contributed by atoms with van der Waals surface area (Å²) in [6.07, 6.45) is 0. The largest absolute Gasteiger partial charge is 0.480 e. The number of aryl methyl sites for hydroxylation is 2. The number of piperazine rings is 1. The molecule has 6 nitrogen and oxygen atoms in total. The van der Waals surface area contributed by atoms with Crippen molar-refractivity contribution in [3.63, 3.8) is 0 Å². The van der Waals surface area contributed by atoms with Crippen molar-refractivity contribution < 1.29 is 9.53 Å². The van der Waals surface area contributed by atoms with E-state index in [4.69, 9.17) is 27.9 Å². The molecule has 1 saturated heterocycles. The number of carbonyl (C=O) groups excluding carboxylic acids is 1. The van der Waals surface area contributed by atoms with Crippen LogP contribution < -0.4 is 15.0 Å². The van der Waals surface area contributed by atoms with E-state index in [0.29, 0.717) is 47.8 Å². The summed E-state index contributed by atoms with van der Waals surface area (Å²) in [6.45, 7) is 6.45. The van der Waals surface area contributed by atoms with Crippen molar-refractivity contribution in [1.29, 1.82) is 0 Å². The predicted octanol–water partition coefficient (Wildman–Crippen LogP) is 4.37. The number of pyridine rings is 1. The number of carbonyl (C=O) groups is 1. The van der Waals surface area contributed by atoms with E-state index in [9.17, 15) is 4.79 Å². The molecule has 0 radical (unpaired) electrons. The number of nitrogens with zero attached hydrogens (tertiary/aromatic N) is 3. The van der Waals surface area contributed by atoms with E-state index >= 15 is 0 Å². The molecule has 1 aromatic carbocycles. The third-order valence-corrected chi connectivity index (χ3v) is 5.08. The molecule has 2 aromatic rings. The molecule has 1 fully saturated rings. The van der Waals surface area contributed by atoms with E-state index < -0.39 is 0 Å². The van der Waals surface area contributed by atoms with Crippen molar-refractivity contribution in [2.45, 2.75) is 13.8 Å². The minimum atomic E-state index is -0.165. The first kappa shape index (κ1) is 19.6. The van der Waals surface area contributed by atoms with Crippen molar-refractivity contribution >= 4 is 40.6 Å². The summed E-state index contributed by atoms with van der Waals surface area (Å²) in [5.41, 5.74) is 3.41. The van der Waals surface area contributed by atoms with Gasteiger partial charge in [-0.3, -0.25) is 0 Å². The second-order valence-electron chi connectivity index (χ2n) is 6.48. The number of nitrogens with one attached hydrogen (secondary N) is 1. The van der Waals surface area contributed by atoms with Gasteiger partial charge in [0.1, 0.15) is 5.69 Å². The predicted molar refractivity (Wildman–Crippen MR) is 110 cm³/mol. The Morgan fingerprint density at radius 3 is 2.30 bits per heavy atom. The number of urea groups is 1. The van der Waals surface area contributed by atoms with Gasteiger partial charge in [-0.1, -0.05) is 23.2 Å². The fourth-order valence-electron chi connectivity index (χ4n) is 3.01. The van der Waals surface area contributed by atoms with E-state index in [0.717, 1.165) is 16.9 Å². The summed E-state index contributed by atoms with van der Waals surface area (Å²) in [6, 6.07) is 7.19. The van der Waals surface area contributed by atoms with Crippen molar-refractivity contribution in [2.75, 3.05) is 43.5 Å². The zero-order valence-corrected chi connectivity index (χ0v) is 17.1. The minimum Gasteiger partial charge on any atom is -0.480 e. The Balaban J connectivity index is 1.64. The highest BCUT2D eigenvalue weighted by molar-refractivity contribution is 6.35. The Bertz CT molecular complexity index is 832. The van der Waals surface area contributed by atoms with E-state index in [2.05, 4.69) is 15.2 Å². The molecule has 1 N–H and O–H groups in total. The average molecular weight is 409 g/mol. The number of anilines is 2. The number of halogens is 2. The molecule has 0 unspecified atom stereocenters. The fraction of sp³-hybridized carbons (Fsp3) is 0.368. The first-order valence-electron chi connectivity index (χ1n) is 8.66. The van der Waals surface area contributed by atoms with Crippen LogP contribution in [0.4, 0.5) is 16.2 Å². The second kappa shape index (κ2) is 8.23. The van der Waals surface area contributed by atoms with Gasteiger partial charge in [-0.15, -0.1) is 0 Å². The van der Waals surface area contributed by atoms with Crippen molar-refractivity contribution in [2.24, 2.45) is 0 Å². The van der Waals surface area contributed by atoms with Gasteiger partial charge < -0.3 is 19.9 Å². The monoisotopic (exact) mass is 408 g/mol. The Morgan fingerprint density at radius 1 is 1.07 bits per heavy atom. The topological polar surface area (TPSA) is 57.7 Å². The van der Waals surface area contributed by atoms with Crippen LogP contribution in [0.3, 0.4) is 0 Å². The highest BCUT2D eigenvalue weighted by atomic mass is 35.5. The number of benzene rings is 1. The van der Waals surface area contributed by atoms with Gasteiger partial charge in [0, 0.05) is 47.6 Å². The summed E-state index contributed by atoms with van der Waals surface area (Å²) < 4.78 is 5.29. The van der Waals surface area contributed by atoms with Crippen LogP contribution in [0.5, 0.6) is 5.88 Å². The summed E-state index contributed by atoms with van der Waals surface area (Å²) >= 11 is 12.2. The molecule has 0 aliphatic carbocycles. The number of aromatic nitrogens is 1. The molecule has 0 atom stereocenters. The first-order chi connectivity index (χ1) is 12.9. The number of ether oxygens (including phenoxy) is 1. The summed E-state index contributed by atoms with van der Waals surface area (Å²) in [5, 5.41) is 4.12. The summed E-state index contributed by atoms with van der Waals surface area (Å²) in [7, 11) is 1.54. The van der Waals surface area contributed by atoms with Crippen LogP contribution in [0, 0.1) is 13.8 Å². The van der Waals surface area contributed by atoms with Crippen LogP contribution >= 0.6 is 23.2 Å². The maximum absolute atomic E-state index is 12.7. The maximum Gasteiger partial charge on any atom is 0.322 e. The van der Waals surface area contributed by atoms with E-state index in [-0.39, 0.29) is 6.03 Å². The average Bonchev–Trinajstić information content (AvgIpc) is 2.63. The lowest BCUT2D eigenvalue weighted by atomic mass is 10.2. The van der Waals surface area contributed by atoms with Crippen molar-refractivity contribution in [1.82, 2.24) is 9.88 Å². The molecular formula is C19H22Cl2N4O2. The smallest absolute Gasteiger partial charge is 0.322 e. The second-order valence-corrected chi connectivity index (χ2v) is 7.35. The molecule has 0 bridgehead atoms. The molecule has 2 amide bonds. The number of rotatable bonds is 3. The summed E-state index contributed by atoms with van der Waals surface area (Å²) in [4.78, 5) is 21.0. The van der Waals surface area contributed by atoms with Crippen LogP contribution in [-0.4, -0.2) is 49.2 Å². The third-order valence-electron chi connectivity index (χ3n) is 4.65. The quantitative estimate of drug-likeness (QED) is 0.818. The summed E-state index contributed by atoms with van der Waals surface area (Å²) in [5.74, 6) is 0.415. The lowest BCUT2D eigenvalue weighted by molar-refractivity contribution is 0.208. The molecule has 3 rings (SSSR count). The standard InChI is InChI=1S/C19H22Cl2N4O2/c1-12-8-17(18(27-3)22-13(12)2)23-19(26)25-6-4-24(5-7-25)16-10-14(20)9-15(21)11-16/h8-11H,4-7H2,1-3H3,(H,23,26). The molecule has 27 heavy (non-hydrogen) atoms. The fourth-order valence-corrected chi connectivity index (χ4v) is 3.53. The van der Waals surface area contributed by atoms with Crippen molar-refractivity contribution in [3.05, 3.63) is 45.6 Å². The number of hydrogen-bond donors (Lipinski definition) is 1. The maximum atomic E-state index is 12.7. The number of hydrogen-bond acceptors (Lipinski definition) is 4. The molecule has 1 aliphatic heterocycles. The molecule has 144 valence electrons. The Hall–Kier alpha value is -2.18. The molecule has 1 aliphatic rings. The van der Waals surface area contributed by atoms with Crippen LogP contribution in [0.2, 0.25) is 10.0 Å². The molecule has 1 aromatic heterocycles. The van der Waals surface area contributed by atoms with Gasteiger partial charge in [-0.25, -0.2) is 9.78 Å². The van der Waals surface area contributed by atoms with E-state index in [1.54, 1.807) is 18.1 Å². The van der Waals surface area contributed by atoms with E-state index in [1.807, 2.05) is 32.0 Å². The SMILES string of the molecule is COc1nc(C)c(C)cc1NC(=O)N1CCN(c2cc(Cl)cc(Cl)c2)CC1. The van der Waals surface area contributed by atoms with E-state index in [1.165, 1.54) is 0 Å². The van der Waals surface area contributed by atoms with Gasteiger partial charge >= 0.3 is 6.03 Å². The lowest BCUT2D eigenvalue weighted by Crippen LogP contribution is -2.50. The van der Waals surface area contributed by atoms with Gasteiger partial charge in [0.25, 0.3) is 0 Å². The molecule has 2 heterocycles. The van der Waals surface area contributed by atoms with Crippen LogP contribution in [-0.2, 0) is 0 Å². The zero-order valence-electron chi connectivity index (χ0n) is 15.6. The molecule has 8 heteroatoms. The Labute approximate surface area is 169 Å². The highest BCUT2D eigenvalue weighted by Gasteiger charge is 2.23. The first-order valence-corrected chi connectivity index (χ1v) is 9.42. The van der Waals surface area contributed by atoms with Gasteiger partial charge in [-0.05, 0) is 43.7 Å². The normalized spacial score (nSPS) is 14.3. The Kier molecular flexibility index (Phi) is 5.97. The van der Waals surface area contributed by atoms with Gasteiger partial charge in [0.2, 0.25) is 5.88 Å². The van der Waals surface area contributed by atoms with Gasteiger partial charge in [0.05, 0.1) is 7.11 Å². The molecule has 0 saturated carbocycles. The zero-order chi connectivity index (χ0) is 19.6. The molecule has 0 spiro atoms. The third kappa shape index (κ3) is 4.57.